The summed E-state index contributed by atoms with van der Waals surface area (Å²) in [5.41, 5.74) is 6.89. The van der Waals surface area contributed by atoms with Gasteiger partial charge in [-0.2, -0.15) is 5.26 Å². The van der Waals surface area contributed by atoms with Crippen LogP contribution in [0.15, 0.2) is 36.5 Å². The Labute approximate surface area is 232 Å². The Balaban J connectivity index is 1.29. The fraction of sp³-hybridized carbons (Fsp3) is 0.500. The van der Waals surface area contributed by atoms with E-state index >= 15 is 0 Å². The lowest BCUT2D eigenvalue weighted by molar-refractivity contribution is -0.141. The predicted molar refractivity (Wildman–Crippen MR) is 144 cm³/mol. The van der Waals surface area contributed by atoms with Gasteiger partial charge in [-0.3, -0.25) is 9.59 Å². The number of carbonyl (C=O) groups excluding carboxylic acids is 2. The molecule has 1 aromatic heterocycles. The Bertz CT molecular complexity index is 1250. The molecule has 8 nitrogen and oxygen atoms in total. The minimum absolute atomic E-state index is 0.00395. The first kappa shape index (κ1) is 26.7. The summed E-state index contributed by atoms with van der Waals surface area (Å²) in [7, 11) is 0. The zero-order valence-electron chi connectivity index (χ0n) is 21.3. The second kappa shape index (κ2) is 10.7. The van der Waals surface area contributed by atoms with Crippen LogP contribution in [0.3, 0.4) is 0 Å². The van der Waals surface area contributed by atoms with Crippen LogP contribution >= 0.6 is 23.2 Å². The SMILES string of the molecule is C[C@H](Oc1ccc(C#N)cn1)[C@H]1CN(C(=O)C2CCN(C(=O)C3(N)CC3)CC2)C[C@@H]1c1ccc(Cl)c(Cl)c1. The molecule has 2 aromatic rings. The first-order valence-corrected chi connectivity index (χ1v) is 13.8. The third-order valence-corrected chi connectivity index (χ3v) is 8.91. The molecule has 10 heteroatoms. The Morgan fingerprint density at radius 1 is 1.13 bits per heavy atom. The molecule has 38 heavy (non-hydrogen) atoms. The molecule has 2 saturated heterocycles. The number of pyridine rings is 1. The molecular formula is C28H31Cl2N5O3. The number of nitriles is 1. The summed E-state index contributed by atoms with van der Waals surface area (Å²) >= 11 is 12.5. The largest absolute Gasteiger partial charge is 0.474 e. The second-order valence-electron chi connectivity index (χ2n) is 10.7. The van der Waals surface area contributed by atoms with Gasteiger partial charge in [-0.1, -0.05) is 29.3 Å². The van der Waals surface area contributed by atoms with Crippen molar-refractivity contribution in [1.82, 2.24) is 14.8 Å². The van der Waals surface area contributed by atoms with Crippen LogP contribution in [0.5, 0.6) is 5.88 Å². The Morgan fingerprint density at radius 2 is 1.87 bits per heavy atom. The Kier molecular flexibility index (Phi) is 7.54. The van der Waals surface area contributed by atoms with Crippen LogP contribution < -0.4 is 10.5 Å². The number of hydrogen-bond acceptors (Lipinski definition) is 6. The monoisotopic (exact) mass is 555 g/mol. The molecule has 5 rings (SSSR count). The van der Waals surface area contributed by atoms with Crippen LogP contribution in [0, 0.1) is 23.2 Å². The van der Waals surface area contributed by atoms with E-state index in [1.54, 1.807) is 18.2 Å². The number of likely N-dealkylation sites (tertiary alicyclic amines) is 2. The standard InChI is InChI=1S/C28H31Cl2N5O3/c1-17(38-25-5-2-18(13-31)14-33-25)21-15-35(16-22(21)20-3-4-23(29)24(30)12-20)26(36)19-6-10-34(11-7-19)27(37)28(32)8-9-28/h2-5,12,14,17,19,21-22H,6-11,15-16,32H2,1H3/t17-,21+,22+/m0/s1. The van der Waals surface area contributed by atoms with Crippen LogP contribution in [0.2, 0.25) is 10.0 Å². The summed E-state index contributed by atoms with van der Waals surface area (Å²) < 4.78 is 6.18. The molecule has 3 fully saturated rings. The maximum Gasteiger partial charge on any atom is 0.242 e. The van der Waals surface area contributed by atoms with Crippen LogP contribution in [0.4, 0.5) is 0 Å². The molecule has 0 unspecified atom stereocenters. The van der Waals surface area contributed by atoms with E-state index in [0.29, 0.717) is 60.5 Å². The lowest BCUT2D eigenvalue weighted by atomic mass is 9.86. The summed E-state index contributed by atoms with van der Waals surface area (Å²) in [6, 6.07) is 11.0. The molecular weight excluding hydrogens is 525 g/mol. The van der Waals surface area contributed by atoms with E-state index in [4.69, 9.17) is 38.9 Å². The molecule has 0 radical (unpaired) electrons. The topological polar surface area (TPSA) is 113 Å². The number of amides is 2. The first-order chi connectivity index (χ1) is 18.2. The predicted octanol–water partition coefficient (Wildman–Crippen LogP) is 4.00. The first-order valence-electron chi connectivity index (χ1n) is 13.0. The third kappa shape index (κ3) is 5.47. The van der Waals surface area contributed by atoms with Crippen LogP contribution in [0.25, 0.3) is 0 Å². The zero-order chi connectivity index (χ0) is 27.0. The molecule has 3 heterocycles. The molecule has 1 aromatic carbocycles. The highest BCUT2D eigenvalue weighted by molar-refractivity contribution is 6.42. The number of halogens is 2. The van der Waals surface area contributed by atoms with Crippen molar-refractivity contribution < 1.29 is 14.3 Å². The number of rotatable bonds is 6. The molecule has 1 saturated carbocycles. The van der Waals surface area contributed by atoms with E-state index in [9.17, 15) is 9.59 Å². The van der Waals surface area contributed by atoms with E-state index in [0.717, 1.165) is 18.4 Å². The third-order valence-electron chi connectivity index (χ3n) is 8.17. The molecule has 3 atom stereocenters. The van der Waals surface area contributed by atoms with Gasteiger partial charge in [0.05, 0.1) is 21.1 Å². The second-order valence-corrected chi connectivity index (χ2v) is 11.5. The van der Waals surface area contributed by atoms with Gasteiger partial charge in [0.15, 0.2) is 0 Å². The highest BCUT2D eigenvalue weighted by Gasteiger charge is 2.49. The van der Waals surface area contributed by atoms with Crippen LogP contribution in [0.1, 0.15) is 49.7 Å². The lowest BCUT2D eigenvalue weighted by Crippen LogP contribution is -2.50. The molecule has 2 N–H and O–H groups in total. The van der Waals surface area contributed by atoms with Gasteiger partial charge in [0.25, 0.3) is 0 Å². The number of nitrogens with two attached hydrogens (primary N) is 1. The van der Waals surface area contributed by atoms with E-state index in [1.165, 1.54) is 6.20 Å². The number of piperidine rings is 1. The average Bonchev–Trinajstić information content (AvgIpc) is 3.52. The van der Waals surface area contributed by atoms with E-state index in [-0.39, 0.29) is 35.7 Å². The van der Waals surface area contributed by atoms with Crippen molar-refractivity contribution in [2.45, 2.75) is 50.2 Å². The quantitative estimate of drug-likeness (QED) is 0.576. The van der Waals surface area contributed by atoms with Gasteiger partial charge in [-0.25, -0.2) is 4.98 Å². The van der Waals surface area contributed by atoms with Crippen LogP contribution in [-0.4, -0.2) is 64.4 Å². The Hall–Kier alpha value is -2.86. The normalized spacial score (nSPS) is 23.6. The van der Waals surface area contributed by atoms with Crippen LogP contribution in [-0.2, 0) is 9.59 Å². The number of nitrogens with zero attached hydrogens (tertiary/aromatic N) is 4. The fourth-order valence-electron chi connectivity index (χ4n) is 5.63. The summed E-state index contributed by atoms with van der Waals surface area (Å²) in [6.07, 6.45) is 3.99. The number of aromatic nitrogens is 1. The van der Waals surface area contributed by atoms with Crippen molar-refractivity contribution in [3.8, 4) is 11.9 Å². The highest BCUT2D eigenvalue weighted by atomic mass is 35.5. The number of ether oxygens (including phenoxy) is 1. The summed E-state index contributed by atoms with van der Waals surface area (Å²) in [6.45, 7) is 4.18. The molecule has 3 aliphatic rings. The van der Waals surface area contributed by atoms with Crippen molar-refractivity contribution in [3.05, 3.63) is 57.7 Å². The number of benzene rings is 1. The van der Waals surface area contributed by atoms with Gasteiger partial charge in [0.1, 0.15) is 12.2 Å². The van der Waals surface area contributed by atoms with E-state index < -0.39 is 5.54 Å². The van der Waals surface area contributed by atoms with Gasteiger partial charge in [0.2, 0.25) is 17.7 Å². The van der Waals surface area contributed by atoms with Gasteiger partial charge < -0.3 is 20.3 Å². The molecule has 0 spiro atoms. The minimum atomic E-state index is -0.675. The van der Waals surface area contributed by atoms with Gasteiger partial charge in [-0.05, 0) is 56.4 Å². The van der Waals surface area contributed by atoms with E-state index in [1.807, 2.05) is 28.9 Å². The maximum atomic E-state index is 13.6. The summed E-state index contributed by atoms with van der Waals surface area (Å²) in [4.78, 5) is 34.3. The van der Waals surface area contributed by atoms with Gasteiger partial charge in [-0.15, -0.1) is 0 Å². The minimum Gasteiger partial charge on any atom is -0.474 e. The molecule has 2 aliphatic heterocycles. The van der Waals surface area contributed by atoms with Crippen molar-refractivity contribution in [2.75, 3.05) is 26.2 Å². The summed E-state index contributed by atoms with van der Waals surface area (Å²) in [5, 5.41) is 10.00. The van der Waals surface area contributed by atoms with E-state index in [2.05, 4.69) is 11.1 Å². The van der Waals surface area contributed by atoms with Crippen molar-refractivity contribution in [3.63, 3.8) is 0 Å². The fourth-order valence-corrected chi connectivity index (χ4v) is 5.93. The van der Waals surface area contributed by atoms with Gasteiger partial charge in [0, 0.05) is 56.2 Å². The van der Waals surface area contributed by atoms with Crippen molar-refractivity contribution in [2.24, 2.45) is 17.6 Å². The number of hydrogen-bond donors (Lipinski definition) is 1. The smallest absolute Gasteiger partial charge is 0.242 e. The maximum absolute atomic E-state index is 13.6. The van der Waals surface area contributed by atoms with Gasteiger partial charge >= 0.3 is 0 Å². The average molecular weight is 556 g/mol. The van der Waals surface area contributed by atoms with Crippen molar-refractivity contribution in [1.29, 1.82) is 5.26 Å². The Morgan fingerprint density at radius 3 is 2.47 bits per heavy atom. The zero-order valence-corrected chi connectivity index (χ0v) is 22.8. The summed E-state index contributed by atoms with van der Waals surface area (Å²) in [5.74, 6) is 0.420. The molecule has 1 aliphatic carbocycles. The van der Waals surface area contributed by atoms with Crippen molar-refractivity contribution >= 4 is 35.0 Å². The lowest BCUT2D eigenvalue weighted by Gasteiger charge is -2.34. The highest BCUT2D eigenvalue weighted by Crippen LogP contribution is 2.40. The molecule has 0 bridgehead atoms. The molecule has 2 amide bonds. The molecule has 200 valence electrons. The number of carbonyl (C=O) groups is 2.